The van der Waals surface area contributed by atoms with E-state index in [9.17, 15) is 14.4 Å². The van der Waals surface area contributed by atoms with E-state index < -0.39 is 12.0 Å². The van der Waals surface area contributed by atoms with E-state index in [-0.39, 0.29) is 25.1 Å². The molecule has 1 rings (SSSR count). The van der Waals surface area contributed by atoms with Gasteiger partial charge in [0.2, 0.25) is 11.8 Å². The Balaban J connectivity index is 2.31. The molecule has 0 bridgehead atoms. The summed E-state index contributed by atoms with van der Waals surface area (Å²) in [6, 6.07) is 0. The molecule has 0 aromatic heterocycles. The van der Waals surface area contributed by atoms with Gasteiger partial charge < -0.3 is 20.7 Å². The number of carbonyl (C=O) groups is 3. The second-order valence-electron chi connectivity index (χ2n) is 4.95. The van der Waals surface area contributed by atoms with E-state index in [4.69, 9.17) is 10.5 Å². The number of hydrogen-bond acceptors (Lipinski definition) is 4. The van der Waals surface area contributed by atoms with Crippen molar-refractivity contribution in [3.63, 3.8) is 0 Å². The summed E-state index contributed by atoms with van der Waals surface area (Å²) in [7, 11) is 0. The predicted molar refractivity (Wildman–Crippen MR) is 72.8 cm³/mol. The van der Waals surface area contributed by atoms with Crippen LogP contribution in [-0.4, -0.2) is 48.5 Å². The summed E-state index contributed by atoms with van der Waals surface area (Å²) < 4.78 is 5.17. The van der Waals surface area contributed by atoms with Crippen molar-refractivity contribution in [1.29, 1.82) is 0 Å². The minimum absolute atomic E-state index is 0.0394. The molecule has 0 aromatic rings. The van der Waals surface area contributed by atoms with Crippen molar-refractivity contribution in [2.24, 2.45) is 5.73 Å². The number of hydrogen-bond donors (Lipinski definition) is 2. The van der Waals surface area contributed by atoms with Gasteiger partial charge in [-0.15, -0.1) is 0 Å². The van der Waals surface area contributed by atoms with Gasteiger partial charge in [0.05, 0.1) is 6.54 Å². The first kappa shape index (κ1) is 16.3. The lowest BCUT2D eigenvalue weighted by Crippen LogP contribution is -2.44. The summed E-state index contributed by atoms with van der Waals surface area (Å²) in [6.07, 6.45) is 3.99. The van der Waals surface area contributed by atoms with Crippen LogP contribution in [-0.2, 0) is 14.3 Å². The highest BCUT2D eigenvalue weighted by atomic mass is 16.6. The highest BCUT2D eigenvalue weighted by Crippen LogP contribution is 2.20. The molecule has 0 atom stereocenters. The Kier molecular flexibility index (Phi) is 6.83. The van der Waals surface area contributed by atoms with Crippen LogP contribution < -0.4 is 11.1 Å². The number of alkyl carbamates (subject to hydrolysis) is 1. The molecule has 7 nitrogen and oxygen atoms in total. The number of primary amides is 1. The van der Waals surface area contributed by atoms with E-state index >= 15 is 0 Å². The van der Waals surface area contributed by atoms with Gasteiger partial charge in [-0.2, -0.15) is 0 Å². The molecule has 1 aliphatic carbocycles. The normalized spacial score (nSPS) is 14.8. The molecule has 3 N–H and O–H groups in total. The van der Waals surface area contributed by atoms with E-state index in [1.54, 1.807) is 0 Å². The summed E-state index contributed by atoms with van der Waals surface area (Å²) >= 11 is 0. The van der Waals surface area contributed by atoms with Crippen molar-refractivity contribution in [2.45, 2.75) is 45.1 Å². The van der Waals surface area contributed by atoms with Crippen molar-refractivity contribution in [3.8, 4) is 0 Å². The lowest BCUT2D eigenvalue weighted by molar-refractivity contribution is -0.134. The Morgan fingerprint density at radius 3 is 2.50 bits per heavy atom. The highest BCUT2D eigenvalue weighted by molar-refractivity contribution is 5.86. The first-order valence-corrected chi connectivity index (χ1v) is 7.03. The number of amides is 3. The standard InChI is InChI=1S/C13H23N3O4/c1-2-7-16(9-11(14)17)12(18)8-15-13(19)20-10-5-3-4-6-10/h10H,2-9H2,1H3,(H2,14,17)(H,15,19). The van der Waals surface area contributed by atoms with Crippen LogP contribution in [0.4, 0.5) is 4.79 Å². The molecule has 0 heterocycles. The molecule has 0 aliphatic heterocycles. The van der Waals surface area contributed by atoms with Crippen LogP contribution in [0.25, 0.3) is 0 Å². The number of nitrogens with two attached hydrogens (primary N) is 1. The Morgan fingerprint density at radius 1 is 1.30 bits per heavy atom. The molecule has 0 saturated heterocycles. The summed E-state index contributed by atoms with van der Waals surface area (Å²) in [5.41, 5.74) is 5.08. The fourth-order valence-corrected chi connectivity index (χ4v) is 2.21. The second kappa shape index (κ2) is 8.39. The van der Waals surface area contributed by atoms with Gasteiger partial charge in [0.25, 0.3) is 0 Å². The van der Waals surface area contributed by atoms with E-state index in [2.05, 4.69) is 5.32 Å². The molecule has 0 spiro atoms. The number of nitrogens with one attached hydrogen (secondary N) is 1. The third-order valence-electron chi connectivity index (χ3n) is 3.15. The monoisotopic (exact) mass is 285 g/mol. The molecule has 114 valence electrons. The van der Waals surface area contributed by atoms with Gasteiger partial charge in [-0.3, -0.25) is 9.59 Å². The molecule has 0 aromatic carbocycles. The van der Waals surface area contributed by atoms with Gasteiger partial charge in [-0.25, -0.2) is 4.79 Å². The SMILES string of the molecule is CCCN(CC(N)=O)C(=O)CNC(=O)OC1CCCC1. The Hall–Kier alpha value is -1.79. The van der Waals surface area contributed by atoms with Gasteiger partial charge in [0.15, 0.2) is 0 Å². The Bertz CT molecular complexity index is 354. The number of rotatable bonds is 7. The highest BCUT2D eigenvalue weighted by Gasteiger charge is 2.20. The van der Waals surface area contributed by atoms with Gasteiger partial charge in [0, 0.05) is 6.54 Å². The summed E-state index contributed by atoms with van der Waals surface area (Å²) in [6.45, 7) is 2.01. The van der Waals surface area contributed by atoms with Crippen LogP contribution in [0.3, 0.4) is 0 Å². The quantitative estimate of drug-likeness (QED) is 0.706. The zero-order chi connectivity index (χ0) is 15.0. The van der Waals surface area contributed by atoms with Crippen molar-refractivity contribution in [1.82, 2.24) is 10.2 Å². The largest absolute Gasteiger partial charge is 0.446 e. The minimum Gasteiger partial charge on any atom is -0.446 e. The summed E-state index contributed by atoms with van der Waals surface area (Å²) in [5.74, 6) is -0.908. The van der Waals surface area contributed by atoms with E-state index in [1.165, 1.54) is 4.90 Å². The summed E-state index contributed by atoms with van der Waals surface area (Å²) in [4.78, 5) is 35.6. The van der Waals surface area contributed by atoms with Crippen LogP contribution in [0.5, 0.6) is 0 Å². The van der Waals surface area contributed by atoms with Crippen molar-refractivity contribution in [2.75, 3.05) is 19.6 Å². The topological polar surface area (TPSA) is 102 Å². The van der Waals surface area contributed by atoms with Gasteiger partial charge in [0.1, 0.15) is 12.6 Å². The molecule has 1 aliphatic rings. The zero-order valence-corrected chi connectivity index (χ0v) is 11.9. The van der Waals surface area contributed by atoms with Crippen LogP contribution in [0, 0.1) is 0 Å². The maximum Gasteiger partial charge on any atom is 0.407 e. The summed E-state index contributed by atoms with van der Waals surface area (Å²) in [5, 5.41) is 2.42. The average molecular weight is 285 g/mol. The Morgan fingerprint density at radius 2 is 1.95 bits per heavy atom. The van der Waals surface area contributed by atoms with E-state index in [1.807, 2.05) is 6.92 Å². The van der Waals surface area contributed by atoms with Gasteiger partial charge in [-0.1, -0.05) is 6.92 Å². The molecule has 20 heavy (non-hydrogen) atoms. The molecule has 0 unspecified atom stereocenters. The number of carbonyl (C=O) groups excluding carboxylic acids is 3. The lowest BCUT2D eigenvalue weighted by atomic mass is 10.3. The zero-order valence-electron chi connectivity index (χ0n) is 11.9. The molecule has 7 heteroatoms. The average Bonchev–Trinajstić information content (AvgIpc) is 2.87. The van der Waals surface area contributed by atoms with Crippen molar-refractivity contribution >= 4 is 17.9 Å². The Labute approximate surface area is 118 Å². The van der Waals surface area contributed by atoms with Crippen LogP contribution >= 0.6 is 0 Å². The molecule has 3 amide bonds. The van der Waals surface area contributed by atoms with Crippen molar-refractivity contribution < 1.29 is 19.1 Å². The van der Waals surface area contributed by atoms with Gasteiger partial charge in [-0.05, 0) is 32.1 Å². The molecule has 1 saturated carbocycles. The first-order valence-electron chi connectivity index (χ1n) is 7.03. The van der Waals surface area contributed by atoms with Crippen LogP contribution in [0.15, 0.2) is 0 Å². The molecular weight excluding hydrogens is 262 g/mol. The first-order chi connectivity index (χ1) is 9.52. The number of nitrogens with zero attached hydrogens (tertiary/aromatic N) is 1. The second-order valence-corrected chi connectivity index (χ2v) is 4.95. The fraction of sp³-hybridized carbons (Fsp3) is 0.769. The third-order valence-corrected chi connectivity index (χ3v) is 3.15. The maximum atomic E-state index is 11.9. The predicted octanol–water partition coefficient (Wildman–Crippen LogP) is 0.379. The van der Waals surface area contributed by atoms with Crippen LogP contribution in [0.1, 0.15) is 39.0 Å². The molecule has 0 radical (unpaired) electrons. The van der Waals surface area contributed by atoms with E-state index in [0.29, 0.717) is 13.0 Å². The lowest BCUT2D eigenvalue weighted by Gasteiger charge is -2.20. The van der Waals surface area contributed by atoms with Crippen LogP contribution in [0.2, 0.25) is 0 Å². The van der Waals surface area contributed by atoms with Gasteiger partial charge >= 0.3 is 6.09 Å². The molecule has 1 fully saturated rings. The number of ether oxygens (including phenoxy) is 1. The van der Waals surface area contributed by atoms with E-state index in [0.717, 1.165) is 25.7 Å². The molecular formula is C13H23N3O4. The smallest absolute Gasteiger partial charge is 0.407 e. The maximum absolute atomic E-state index is 11.9. The minimum atomic E-state index is -0.583. The van der Waals surface area contributed by atoms with Crippen molar-refractivity contribution in [3.05, 3.63) is 0 Å². The third kappa shape index (κ3) is 5.90. The fourth-order valence-electron chi connectivity index (χ4n) is 2.21.